The molecule has 3 rings (SSSR count). The molecule has 0 unspecified atom stereocenters. The van der Waals surface area contributed by atoms with Gasteiger partial charge < -0.3 is 10.1 Å². The molecule has 0 fully saturated rings. The number of rotatable bonds is 5. The lowest BCUT2D eigenvalue weighted by molar-refractivity contribution is -0.384. The number of amides is 1. The van der Waals surface area contributed by atoms with Crippen LogP contribution in [0.25, 0.3) is 11.1 Å². The second-order valence-corrected chi connectivity index (χ2v) is 8.18. The molecule has 3 aromatic rings. The summed E-state index contributed by atoms with van der Waals surface area (Å²) in [6.45, 7) is 1.81. The number of esters is 1. The second-order valence-electron chi connectivity index (χ2n) is 6.11. The van der Waals surface area contributed by atoms with Crippen molar-refractivity contribution in [3.8, 4) is 11.1 Å². The Bertz CT molecular complexity index is 1180. The topological polar surface area (TPSA) is 98.5 Å². The molecule has 0 saturated heterocycles. The third kappa shape index (κ3) is 4.30. The Morgan fingerprint density at radius 1 is 1.17 bits per heavy atom. The molecule has 2 aromatic carbocycles. The highest BCUT2D eigenvalue weighted by Crippen LogP contribution is 2.41. The van der Waals surface area contributed by atoms with Crippen LogP contribution in [-0.4, -0.2) is 23.9 Å². The zero-order valence-corrected chi connectivity index (χ0v) is 18.0. The van der Waals surface area contributed by atoms with Gasteiger partial charge in [-0.2, -0.15) is 0 Å². The van der Waals surface area contributed by atoms with Crippen LogP contribution >= 0.6 is 34.5 Å². The lowest BCUT2D eigenvalue weighted by atomic mass is 10.0. The van der Waals surface area contributed by atoms with Gasteiger partial charge in [-0.15, -0.1) is 11.3 Å². The molecule has 0 aliphatic heterocycles. The molecule has 1 aromatic heterocycles. The highest BCUT2D eigenvalue weighted by atomic mass is 35.5. The van der Waals surface area contributed by atoms with Crippen LogP contribution in [0.5, 0.6) is 0 Å². The molecule has 0 bridgehead atoms. The Labute approximate surface area is 185 Å². The Kier molecular flexibility index (Phi) is 6.40. The number of carbonyl (C=O) groups excluding carboxylic acids is 2. The monoisotopic (exact) mass is 464 g/mol. The Balaban J connectivity index is 2.04. The van der Waals surface area contributed by atoms with Crippen molar-refractivity contribution in [3.05, 3.63) is 78.6 Å². The summed E-state index contributed by atoms with van der Waals surface area (Å²) in [5.74, 6) is -1.24. The molecule has 10 heteroatoms. The van der Waals surface area contributed by atoms with E-state index in [0.29, 0.717) is 16.1 Å². The quantitative estimate of drug-likeness (QED) is 0.284. The van der Waals surface area contributed by atoms with Crippen LogP contribution in [0.3, 0.4) is 0 Å². The molecule has 7 nitrogen and oxygen atoms in total. The first kappa shape index (κ1) is 21.8. The number of ether oxygens (including phenoxy) is 1. The molecule has 0 aliphatic carbocycles. The predicted molar refractivity (Wildman–Crippen MR) is 117 cm³/mol. The van der Waals surface area contributed by atoms with Crippen LogP contribution < -0.4 is 5.32 Å². The standard InChI is InChI=1S/C20H14Cl2N2O5S/c1-10-16(11-4-3-5-12(21)8-11)17(20(26)29-2)19(30-10)23-18(25)14-7-6-13(24(27)28)9-15(14)22/h3-9H,1-2H3,(H,23,25). The number of thiophene rings is 1. The fourth-order valence-electron chi connectivity index (χ4n) is 2.89. The van der Waals surface area contributed by atoms with E-state index in [4.69, 9.17) is 27.9 Å². The number of anilines is 1. The number of aryl methyl sites for hydroxylation is 1. The molecule has 0 spiro atoms. The van der Waals surface area contributed by atoms with E-state index in [1.165, 1.54) is 30.6 Å². The average molecular weight is 465 g/mol. The first-order valence-corrected chi connectivity index (χ1v) is 10.0. The SMILES string of the molecule is COC(=O)c1c(NC(=O)c2ccc([N+](=O)[O-])cc2Cl)sc(C)c1-c1cccc(Cl)c1. The van der Waals surface area contributed by atoms with Crippen molar-refractivity contribution in [2.24, 2.45) is 0 Å². The summed E-state index contributed by atoms with van der Waals surface area (Å²) >= 11 is 13.3. The van der Waals surface area contributed by atoms with Crippen molar-refractivity contribution < 1.29 is 19.2 Å². The van der Waals surface area contributed by atoms with Crippen LogP contribution in [0.2, 0.25) is 10.0 Å². The predicted octanol–water partition coefficient (Wildman–Crippen LogP) is 5.98. The maximum Gasteiger partial charge on any atom is 0.341 e. The van der Waals surface area contributed by atoms with Crippen molar-refractivity contribution in [1.82, 2.24) is 0 Å². The van der Waals surface area contributed by atoms with Crippen LogP contribution in [0.1, 0.15) is 25.6 Å². The highest BCUT2D eigenvalue weighted by Gasteiger charge is 2.26. The zero-order valence-electron chi connectivity index (χ0n) is 15.7. The largest absolute Gasteiger partial charge is 0.465 e. The maximum atomic E-state index is 12.8. The third-order valence-corrected chi connectivity index (χ3v) is 5.79. The molecular formula is C20H14Cl2N2O5S. The van der Waals surface area contributed by atoms with Gasteiger partial charge >= 0.3 is 5.97 Å². The fraction of sp³-hybridized carbons (Fsp3) is 0.100. The number of halogens is 2. The van der Waals surface area contributed by atoms with Crippen molar-refractivity contribution in [3.63, 3.8) is 0 Å². The first-order valence-electron chi connectivity index (χ1n) is 8.45. The molecule has 0 saturated carbocycles. The van der Waals surface area contributed by atoms with Crippen LogP contribution in [0, 0.1) is 17.0 Å². The number of hydrogen-bond acceptors (Lipinski definition) is 6. The first-order chi connectivity index (χ1) is 14.2. The van der Waals surface area contributed by atoms with Crippen molar-refractivity contribution >= 4 is 57.1 Å². The summed E-state index contributed by atoms with van der Waals surface area (Å²) in [6.07, 6.45) is 0. The molecule has 30 heavy (non-hydrogen) atoms. The highest BCUT2D eigenvalue weighted by molar-refractivity contribution is 7.17. The van der Waals surface area contributed by atoms with E-state index in [9.17, 15) is 19.7 Å². The van der Waals surface area contributed by atoms with Crippen molar-refractivity contribution in [2.45, 2.75) is 6.92 Å². The number of hydrogen-bond donors (Lipinski definition) is 1. The Hall–Kier alpha value is -2.94. The average Bonchev–Trinajstić information content (AvgIpc) is 3.02. The van der Waals surface area contributed by atoms with Gasteiger partial charge in [0.1, 0.15) is 10.6 Å². The third-order valence-electron chi connectivity index (χ3n) is 4.22. The van der Waals surface area contributed by atoms with Gasteiger partial charge in [0, 0.05) is 27.6 Å². The van der Waals surface area contributed by atoms with E-state index >= 15 is 0 Å². The molecule has 1 amide bonds. The van der Waals surface area contributed by atoms with Gasteiger partial charge in [-0.05, 0) is 30.7 Å². The van der Waals surface area contributed by atoms with E-state index in [-0.39, 0.29) is 26.8 Å². The van der Waals surface area contributed by atoms with Gasteiger partial charge in [-0.1, -0.05) is 35.3 Å². The summed E-state index contributed by atoms with van der Waals surface area (Å²) in [4.78, 5) is 36.3. The van der Waals surface area contributed by atoms with E-state index in [0.717, 1.165) is 10.9 Å². The summed E-state index contributed by atoms with van der Waals surface area (Å²) in [5, 5.41) is 14.2. The minimum atomic E-state index is -0.626. The second kappa shape index (κ2) is 8.83. The molecule has 154 valence electrons. The van der Waals surface area contributed by atoms with Gasteiger partial charge in [0.2, 0.25) is 0 Å². The summed E-state index contributed by atoms with van der Waals surface area (Å²) in [6, 6.07) is 10.5. The van der Waals surface area contributed by atoms with Crippen molar-refractivity contribution in [1.29, 1.82) is 0 Å². The van der Waals surface area contributed by atoms with E-state index in [1.54, 1.807) is 24.3 Å². The molecule has 0 atom stereocenters. The molecule has 1 heterocycles. The fourth-order valence-corrected chi connectivity index (χ4v) is 4.40. The number of carbonyl (C=O) groups is 2. The van der Waals surface area contributed by atoms with Crippen LogP contribution in [-0.2, 0) is 4.74 Å². The summed E-state index contributed by atoms with van der Waals surface area (Å²) in [7, 11) is 1.25. The number of nitrogens with zero attached hydrogens (tertiary/aromatic N) is 1. The molecule has 1 N–H and O–H groups in total. The normalized spacial score (nSPS) is 10.5. The number of nitro benzene ring substituents is 1. The zero-order chi connectivity index (χ0) is 22.0. The van der Waals surface area contributed by atoms with Gasteiger partial charge in [-0.25, -0.2) is 4.79 Å². The number of benzene rings is 2. The van der Waals surface area contributed by atoms with Gasteiger partial charge in [0.15, 0.2) is 0 Å². The van der Waals surface area contributed by atoms with Crippen LogP contribution in [0.4, 0.5) is 10.7 Å². The lowest BCUT2D eigenvalue weighted by Crippen LogP contribution is -2.14. The lowest BCUT2D eigenvalue weighted by Gasteiger charge is -2.09. The van der Waals surface area contributed by atoms with Gasteiger partial charge in [-0.3, -0.25) is 14.9 Å². The van der Waals surface area contributed by atoms with Gasteiger partial charge in [0.05, 0.1) is 22.6 Å². The molecular weight excluding hydrogens is 451 g/mol. The number of methoxy groups -OCH3 is 1. The maximum absolute atomic E-state index is 12.8. The molecule has 0 radical (unpaired) electrons. The number of nitrogens with one attached hydrogen (secondary N) is 1. The Morgan fingerprint density at radius 2 is 1.90 bits per heavy atom. The van der Waals surface area contributed by atoms with E-state index < -0.39 is 16.8 Å². The van der Waals surface area contributed by atoms with E-state index in [2.05, 4.69) is 5.32 Å². The van der Waals surface area contributed by atoms with Gasteiger partial charge in [0.25, 0.3) is 11.6 Å². The van der Waals surface area contributed by atoms with Crippen LogP contribution in [0.15, 0.2) is 42.5 Å². The van der Waals surface area contributed by atoms with E-state index in [1.807, 2.05) is 6.92 Å². The number of nitro groups is 1. The summed E-state index contributed by atoms with van der Waals surface area (Å²) < 4.78 is 4.92. The number of non-ortho nitro benzene ring substituents is 1. The smallest absolute Gasteiger partial charge is 0.341 e. The minimum Gasteiger partial charge on any atom is -0.465 e. The molecule has 0 aliphatic rings. The minimum absolute atomic E-state index is 0.0356. The van der Waals surface area contributed by atoms with Crippen molar-refractivity contribution in [2.75, 3.05) is 12.4 Å². The summed E-state index contributed by atoms with van der Waals surface area (Å²) in [5.41, 5.74) is 1.29. The Morgan fingerprint density at radius 3 is 2.50 bits per heavy atom.